The molecule has 2 fully saturated rings. The first kappa shape index (κ1) is 19.5. The molecule has 7 heteroatoms. The number of hydrogen-bond donors (Lipinski definition) is 0. The Labute approximate surface area is 172 Å². The number of carbonyl (C=O) groups excluding carboxylic acids is 1. The summed E-state index contributed by atoms with van der Waals surface area (Å²) in [6, 6.07) is 9.83. The first-order valence-corrected chi connectivity index (χ1v) is 10.5. The number of benzene rings is 1. The van der Waals surface area contributed by atoms with Gasteiger partial charge in [-0.3, -0.25) is 4.79 Å². The van der Waals surface area contributed by atoms with Crippen molar-refractivity contribution in [3.05, 3.63) is 42.2 Å². The summed E-state index contributed by atoms with van der Waals surface area (Å²) < 4.78 is 5.50. The van der Waals surface area contributed by atoms with E-state index in [4.69, 9.17) is 4.74 Å². The Bertz CT molecular complexity index is 827. The van der Waals surface area contributed by atoms with Gasteiger partial charge in [0.15, 0.2) is 0 Å². The number of ether oxygens (including phenoxy) is 1. The van der Waals surface area contributed by atoms with Crippen molar-refractivity contribution < 1.29 is 9.53 Å². The van der Waals surface area contributed by atoms with Crippen molar-refractivity contribution in [2.45, 2.75) is 25.7 Å². The lowest BCUT2D eigenvalue weighted by Crippen LogP contribution is -2.47. The molecule has 0 radical (unpaired) electrons. The van der Waals surface area contributed by atoms with Gasteiger partial charge in [0.25, 0.3) is 5.91 Å². The summed E-state index contributed by atoms with van der Waals surface area (Å²) in [5.41, 5.74) is 1.62. The average Bonchev–Trinajstić information content (AvgIpc) is 3.08. The van der Waals surface area contributed by atoms with Gasteiger partial charge in [-0.2, -0.15) is 0 Å². The number of carbonyl (C=O) groups is 1. The molecule has 0 saturated carbocycles. The molecule has 0 N–H and O–H groups in total. The van der Waals surface area contributed by atoms with Crippen molar-refractivity contribution in [3.63, 3.8) is 0 Å². The smallest absolute Gasteiger partial charge is 0.272 e. The van der Waals surface area contributed by atoms with Crippen LogP contribution < -0.4 is 14.5 Å². The summed E-state index contributed by atoms with van der Waals surface area (Å²) in [7, 11) is 1.70. The van der Waals surface area contributed by atoms with Crippen LogP contribution in [0.5, 0.6) is 5.75 Å². The summed E-state index contributed by atoms with van der Waals surface area (Å²) in [6.07, 6.45) is 6.27. The van der Waals surface area contributed by atoms with Crippen LogP contribution in [0.15, 0.2) is 36.5 Å². The van der Waals surface area contributed by atoms with Gasteiger partial charge in [-0.25, -0.2) is 9.97 Å². The fourth-order valence-corrected chi connectivity index (χ4v) is 4.09. The Morgan fingerprint density at radius 2 is 1.59 bits per heavy atom. The highest BCUT2D eigenvalue weighted by molar-refractivity contribution is 5.92. The molecule has 7 nitrogen and oxygen atoms in total. The quantitative estimate of drug-likeness (QED) is 0.793. The summed E-state index contributed by atoms with van der Waals surface area (Å²) in [5, 5.41) is 0. The minimum atomic E-state index is 0.0307. The van der Waals surface area contributed by atoms with Crippen molar-refractivity contribution in [2.75, 3.05) is 56.2 Å². The van der Waals surface area contributed by atoms with E-state index in [2.05, 4.69) is 25.8 Å². The normalized spacial score (nSPS) is 17.8. The Morgan fingerprint density at radius 1 is 0.897 bits per heavy atom. The van der Waals surface area contributed by atoms with Crippen molar-refractivity contribution in [2.24, 2.45) is 0 Å². The Morgan fingerprint density at radius 3 is 2.31 bits per heavy atom. The van der Waals surface area contributed by atoms with Gasteiger partial charge in [-0.1, -0.05) is 25.0 Å². The lowest BCUT2D eigenvalue weighted by molar-refractivity contribution is 0.0755. The molecule has 4 rings (SSSR count). The van der Waals surface area contributed by atoms with Gasteiger partial charge in [-0.15, -0.1) is 0 Å². The number of hydrogen-bond acceptors (Lipinski definition) is 6. The highest BCUT2D eigenvalue weighted by Gasteiger charge is 2.23. The molecule has 3 heterocycles. The molecule has 0 bridgehead atoms. The minimum absolute atomic E-state index is 0.0307. The Kier molecular flexibility index (Phi) is 6.12. The van der Waals surface area contributed by atoms with Crippen molar-refractivity contribution >= 4 is 17.5 Å². The zero-order valence-electron chi connectivity index (χ0n) is 17.1. The van der Waals surface area contributed by atoms with Crippen LogP contribution in [-0.4, -0.2) is 67.2 Å². The molecular weight excluding hydrogens is 366 g/mol. The first-order chi connectivity index (χ1) is 14.3. The fourth-order valence-electron chi connectivity index (χ4n) is 4.09. The van der Waals surface area contributed by atoms with Gasteiger partial charge in [0.05, 0.1) is 12.8 Å². The molecule has 29 heavy (non-hydrogen) atoms. The minimum Gasteiger partial charge on any atom is -0.495 e. The number of methoxy groups -OCH3 is 1. The lowest BCUT2D eigenvalue weighted by Gasteiger charge is -2.36. The maximum Gasteiger partial charge on any atom is 0.272 e. The van der Waals surface area contributed by atoms with E-state index in [0.29, 0.717) is 11.6 Å². The second kappa shape index (κ2) is 9.11. The van der Waals surface area contributed by atoms with Gasteiger partial charge in [0, 0.05) is 45.5 Å². The molecule has 0 aliphatic carbocycles. The third-order valence-corrected chi connectivity index (χ3v) is 5.74. The second-order valence-corrected chi connectivity index (χ2v) is 7.59. The SMILES string of the molecule is COc1ccccc1N1CCN(c2nccc(C(=O)N3CCCCCC3)n2)CC1. The molecule has 2 saturated heterocycles. The number of rotatable bonds is 4. The zero-order valence-corrected chi connectivity index (χ0v) is 17.1. The summed E-state index contributed by atoms with van der Waals surface area (Å²) in [6.45, 7) is 4.98. The number of aromatic nitrogens is 2. The van der Waals surface area contributed by atoms with Crippen LogP contribution in [0.2, 0.25) is 0 Å². The van der Waals surface area contributed by atoms with Gasteiger partial charge < -0.3 is 19.4 Å². The molecule has 0 unspecified atom stereocenters. The van der Waals surface area contributed by atoms with Gasteiger partial charge >= 0.3 is 0 Å². The second-order valence-electron chi connectivity index (χ2n) is 7.59. The molecule has 1 amide bonds. The molecule has 0 spiro atoms. The average molecular weight is 396 g/mol. The van der Waals surface area contributed by atoms with E-state index in [1.807, 2.05) is 23.1 Å². The predicted molar refractivity (Wildman–Crippen MR) is 114 cm³/mol. The van der Waals surface area contributed by atoms with Crippen molar-refractivity contribution in [1.29, 1.82) is 0 Å². The van der Waals surface area contributed by atoms with E-state index in [1.165, 1.54) is 12.8 Å². The highest BCUT2D eigenvalue weighted by Crippen LogP contribution is 2.28. The van der Waals surface area contributed by atoms with Crippen LogP contribution in [0.3, 0.4) is 0 Å². The first-order valence-electron chi connectivity index (χ1n) is 10.5. The van der Waals surface area contributed by atoms with E-state index in [-0.39, 0.29) is 5.91 Å². The maximum absolute atomic E-state index is 12.9. The van der Waals surface area contributed by atoms with Crippen LogP contribution in [0.4, 0.5) is 11.6 Å². The predicted octanol–water partition coefficient (Wildman–Crippen LogP) is 2.83. The van der Waals surface area contributed by atoms with E-state index >= 15 is 0 Å². The number of para-hydroxylation sites is 2. The molecule has 1 aromatic heterocycles. The Hall–Kier alpha value is -2.83. The van der Waals surface area contributed by atoms with Gasteiger partial charge in [0.1, 0.15) is 11.4 Å². The molecule has 2 aromatic rings. The number of likely N-dealkylation sites (tertiary alicyclic amines) is 1. The van der Waals surface area contributed by atoms with Crippen LogP contribution in [-0.2, 0) is 0 Å². The van der Waals surface area contributed by atoms with Gasteiger partial charge in [-0.05, 0) is 31.0 Å². The molecule has 1 aromatic carbocycles. The summed E-state index contributed by atoms with van der Waals surface area (Å²) in [4.78, 5) is 28.4. The van der Waals surface area contributed by atoms with E-state index < -0.39 is 0 Å². The van der Waals surface area contributed by atoms with E-state index in [9.17, 15) is 4.79 Å². The number of nitrogens with zero attached hydrogens (tertiary/aromatic N) is 5. The van der Waals surface area contributed by atoms with E-state index in [1.54, 1.807) is 19.4 Å². The maximum atomic E-state index is 12.9. The number of piperazine rings is 1. The van der Waals surface area contributed by atoms with Crippen LogP contribution in [0, 0.1) is 0 Å². The van der Waals surface area contributed by atoms with Crippen LogP contribution in [0.25, 0.3) is 0 Å². The molecular formula is C22H29N5O2. The topological polar surface area (TPSA) is 61.8 Å². The van der Waals surface area contributed by atoms with Crippen LogP contribution >= 0.6 is 0 Å². The van der Waals surface area contributed by atoms with Crippen LogP contribution in [0.1, 0.15) is 36.2 Å². The third kappa shape index (κ3) is 4.44. The van der Waals surface area contributed by atoms with Crippen molar-refractivity contribution in [3.8, 4) is 5.75 Å². The summed E-state index contributed by atoms with van der Waals surface area (Å²) >= 11 is 0. The number of amides is 1. The monoisotopic (exact) mass is 395 g/mol. The number of anilines is 2. The standard InChI is InChI=1S/C22H29N5O2/c1-29-20-9-5-4-8-19(20)25-14-16-27(17-15-25)22-23-11-10-18(24-22)21(28)26-12-6-2-3-7-13-26/h4-5,8-11H,2-3,6-7,12-17H2,1H3. The zero-order chi connectivity index (χ0) is 20.1. The largest absolute Gasteiger partial charge is 0.495 e. The summed E-state index contributed by atoms with van der Waals surface area (Å²) in [5.74, 6) is 1.57. The molecule has 154 valence electrons. The van der Waals surface area contributed by atoms with Gasteiger partial charge in [0.2, 0.25) is 5.95 Å². The lowest BCUT2D eigenvalue weighted by atomic mass is 10.2. The fraction of sp³-hybridized carbons (Fsp3) is 0.500. The third-order valence-electron chi connectivity index (χ3n) is 5.74. The Balaban J connectivity index is 1.42. The molecule has 2 aliphatic rings. The molecule has 2 aliphatic heterocycles. The van der Waals surface area contributed by atoms with E-state index in [0.717, 1.165) is 63.5 Å². The molecule has 0 atom stereocenters. The highest BCUT2D eigenvalue weighted by atomic mass is 16.5. The van der Waals surface area contributed by atoms with Crippen molar-refractivity contribution in [1.82, 2.24) is 14.9 Å².